The second-order valence-electron chi connectivity index (χ2n) is 7.99. The van der Waals surface area contributed by atoms with Gasteiger partial charge in [-0.25, -0.2) is 0 Å². The fraction of sp³-hybridized carbons (Fsp3) is 0.458. The molecule has 0 spiro atoms. The Morgan fingerprint density at radius 2 is 1.61 bits per heavy atom. The van der Waals surface area contributed by atoms with Crippen LogP contribution in [0.25, 0.3) is 0 Å². The van der Waals surface area contributed by atoms with Crippen molar-refractivity contribution in [2.45, 2.75) is 45.6 Å². The molecule has 0 aliphatic carbocycles. The zero-order valence-corrected chi connectivity index (χ0v) is 17.3. The number of hydrogen-bond acceptors (Lipinski definition) is 3. The molecule has 0 radical (unpaired) electrons. The van der Waals surface area contributed by atoms with Crippen LogP contribution in [0.2, 0.25) is 0 Å². The highest BCUT2D eigenvalue weighted by atomic mass is 16.5. The first kappa shape index (κ1) is 20.4. The summed E-state index contributed by atoms with van der Waals surface area (Å²) >= 11 is 0. The molecule has 4 heteroatoms. The van der Waals surface area contributed by atoms with Crippen molar-refractivity contribution in [2.75, 3.05) is 26.2 Å². The Hall–Kier alpha value is -2.33. The van der Waals surface area contributed by atoms with Gasteiger partial charge in [0, 0.05) is 6.54 Å². The van der Waals surface area contributed by atoms with Crippen molar-refractivity contribution in [3.8, 4) is 5.75 Å². The predicted molar refractivity (Wildman–Crippen MR) is 114 cm³/mol. The topological polar surface area (TPSA) is 41.6 Å². The highest BCUT2D eigenvalue weighted by Crippen LogP contribution is 2.25. The minimum absolute atomic E-state index is 0.0433. The van der Waals surface area contributed by atoms with Crippen LogP contribution in [-0.4, -0.2) is 37.0 Å². The number of aryl methyl sites for hydroxylation is 1. The number of rotatable bonds is 8. The monoisotopic (exact) mass is 380 g/mol. The minimum atomic E-state index is -0.0794. The molecule has 4 nitrogen and oxygen atoms in total. The Kier molecular flexibility index (Phi) is 7.10. The molecule has 2 aromatic rings. The van der Waals surface area contributed by atoms with Gasteiger partial charge in [0.2, 0.25) is 0 Å². The first-order valence-electron chi connectivity index (χ1n) is 10.3. The maximum absolute atomic E-state index is 12.3. The van der Waals surface area contributed by atoms with E-state index >= 15 is 0 Å². The largest absolute Gasteiger partial charge is 0.484 e. The van der Waals surface area contributed by atoms with Crippen LogP contribution >= 0.6 is 0 Å². The lowest BCUT2D eigenvalue weighted by atomic mass is 10.0. The SMILES string of the molecule is Cc1ccc([C@@H](CNC(=O)COc2ccc(C(C)C)cc2)N2CCCC2)cc1. The van der Waals surface area contributed by atoms with E-state index in [4.69, 9.17) is 4.74 Å². The zero-order chi connectivity index (χ0) is 19.9. The van der Waals surface area contributed by atoms with Crippen molar-refractivity contribution in [1.29, 1.82) is 0 Å². The van der Waals surface area contributed by atoms with Crippen LogP contribution in [0.3, 0.4) is 0 Å². The number of carbonyl (C=O) groups excluding carboxylic acids is 1. The standard InChI is InChI=1S/C24H32N2O2/c1-18(2)20-10-12-22(13-11-20)28-17-24(27)25-16-23(26-14-4-5-15-26)21-8-6-19(3)7-9-21/h6-13,18,23H,4-5,14-17H2,1-3H3,(H,25,27)/t23-/m1/s1. The summed E-state index contributed by atoms with van der Waals surface area (Å²) in [7, 11) is 0. The van der Waals surface area contributed by atoms with Crippen LogP contribution in [0.1, 0.15) is 55.3 Å². The minimum Gasteiger partial charge on any atom is -0.484 e. The predicted octanol–water partition coefficient (Wildman–Crippen LogP) is 4.45. The molecule has 3 rings (SSSR count). The van der Waals surface area contributed by atoms with Gasteiger partial charge in [-0.1, -0.05) is 55.8 Å². The third kappa shape index (κ3) is 5.59. The van der Waals surface area contributed by atoms with Crippen LogP contribution in [0.4, 0.5) is 0 Å². The summed E-state index contributed by atoms with van der Waals surface area (Å²) in [6.45, 7) is 9.25. The average Bonchev–Trinajstić information content (AvgIpc) is 3.22. The lowest BCUT2D eigenvalue weighted by Crippen LogP contribution is -2.38. The van der Waals surface area contributed by atoms with Crippen LogP contribution < -0.4 is 10.1 Å². The van der Waals surface area contributed by atoms with Gasteiger partial charge < -0.3 is 10.1 Å². The molecule has 0 unspecified atom stereocenters. The van der Waals surface area contributed by atoms with Crippen molar-refractivity contribution < 1.29 is 9.53 Å². The molecule has 0 aromatic heterocycles. The maximum atomic E-state index is 12.3. The summed E-state index contributed by atoms with van der Waals surface area (Å²) in [6, 6.07) is 16.8. The number of likely N-dealkylation sites (tertiary alicyclic amines) is 1. The Bertz CT molecular complexity index is 747. The molecule has 1 N–H and O–H groups in total. The Morgan fingerprint density at radius 1 is 1.00 bits per heavy atom. The number of hydrogen-bond donors (Lipinski definition) is 1. The van der Waals surface area contributed by atoms with Crippen molar-refractivity contribution >= 4 is 5.91 Å². The molecular weight excluding hydrogens is 348 g/mol. The third-order valence-electron chi connectivity index (χ3n) is 5.45. The molecular formula is C24H32N2O2. The molecule has 2 aromatic carbocycles. The molecule has 1 aliphatic heterocycles. The summed E-state index contributed by atoms with van der Waals surface area (Å²) in [5.74, 6) is 1.14. The Labute approximate surface area is 168 Å². The Morgan fingerprint density at radius 3 is 2.21 bits per heavy atom. The lowest BCUT2D eigenvalue weighted by molar-refractivity contribution is -0.123. The highest BCUT2D eigenvalue weighted by molar-refractivity contribution is 5.77. The molecule has 150 valence electrons. The molecule has 0 saturated carbocycles. The molecule has 1 saturated heterocycles. The van der Waals surface area contributed by atoms with Crippen LogP contribution in [0.5, 0.6) is 5.75 Å². The van der Waals surface area contributed by atoms with E-state index in [1.165, 1.54) is 29.5 Å². The maximum Gasteiger partial charge on any atom is 0.258 e. The summed E-state index contributed by atoms with van der Waals surface area (Å²) in [4.78, 5) is 14.8. The number of nitrogens with one attached hydrogen (secondary N) is 1. The van der Waals surface area contributed by atoms with Crippen LogP contribution in [-0.2, 0) is 4.79 Å². The van der Waals surface area contributed by atoms with E-state index in [2.05, 4.69) is 67.4 Å². The lowest BCUT2D eigenvalue weighted by Gasteiger charge is -2.28. The number of benzene rings is 2. The number of carbonyl (C=O) groups is 1. The first-order valence-corrected chi connectivity index (χ1v) is 10.3. The molecule has 0 bridgehead atoms. The van der Waals surface area contributed by atoms with E-state index in [-0.39, 0.29) is 18.6 Å². The average molecular weight is 381 g/mol. The quantitative estimate of drug-likeness (QED) is 0.736. The van der Waals surface area contributed by atoms with Gasteiger partial charge in [0.1, 0.15) is 5.75 Å². The van der Waals surface area contributed by atoms with Gasteiger partial charge in [0.05, 0.1) is 6.04 Å². The molecule has 1 heterocycles. The Balaban J connectivity index is 1.53. The normalized spacial score (nSPS) is 15.6. The van der Waals surface area contributed by atoms with Crippen molar-refractivity contribution in [3.63, 3.8) is 0 Å². The van der Waals surface area contributed by atoms with Gasteiger partial charge in [-0.15, -0.1) is 0 Å². The van der Waals surface area contributed by atoms with E-state index in [1.54, 1.807) is 0 Å². The fourth-order valence-electron chi connectivity index (χ4n) is 3.66. The van der Waals surface area contributed by atoms with Crippen molar-refractivity contribution in [3.05, 3.63) is 65.2 Å². The van der Waals surface area contributed by atoms with E-state index in [0.717, 1.165) is 18.8 Å². The van der Waals surface area contributed by atoms with Gasteiger partial charge in [-0.2, -0.15) is 0 Å². The van der Waals surface area contributed by atoms with Gasteiger partial charge >= 0.3 is 0 Å². The van der Waals surface area contributed by atoms with Crippen molar-refractivity contribution in [2.24, 2.45) is 0 Å². The van der Waals surface area contributed by atoms with Crippen LogP contribution in [0.15, 0.2) is 48.5 Å². The number of amides is 1. The van der Waals surface area contributed by atoms with E-state index in [0.29, 0.717) is 12.5 Å². The second kappa shape index (κ2) is 9.74. The highest BCUT2D eigenvalue weighted by Gasteiger charge is 2.23. The molecule has 1 aliphatic rings. The zero-order valence-electron chi connectivity index (χ0n) is 17.3. The van der Waals surface area contributed by atoms with Gasteiger partial charge in [-0.05, 0) is 62.0 Å². The fourth-order valence-corrected chi connectivity index (χ4v) is 3.66. The van der Waals surface area contributed by atoms with Gasteiger partial charge in [0.25, 0.3) is 5.91 Å². The first-order chi connectivity index (χ1) is 13.5. The number of ether oxygens (including phenoxy) is 1. The summed E-state index contributed by atoms with van der Waals surface area (Å²) in [6.07, 6.45) is 2.46. The summed E-state index contributed by atoms with van der Waals surface area (Å²) < 4.78 is 5.66. The van der Waals surface area contributed by atoms with Gasteiger partial charge in [-0.3, -0.25) is 9.69 Å². The van der Waals surface area contributed by atoms with Crippen LogP contribution in [0, 0.1) is 6.92 Å². The second-order valence-corrected chi connectivity index (χ2v) is 7.99. The number of nitrogens with zero attached hydrogens (tertiary/aromatic N) is 1. The van der Waals surface area contributed by atoms with E-state index < -0.39 is 0 Å². The smallest absolute Gasteiger partial charge is 0.258 e. The van der Waals surface area contributed by atoms with Crippen molar-refractivity contribution in [1.82, 2.24) is 10.2 Å². The van der Waals surface area contributed by atoms with E-state index in [9.17, 15) is 4.79 Å². The molecule has 1 atom stereocenters. The third-order valence-corrected chi connectivity index (χ3v) is 5.45. The summed E-state index contributed by atoms with van der Waals surface area (Å²) in [5, 5.41) is 3.07. The van der Waals surface area contributed by atoms with Gasteiger partial charge in [0.15, 0.2) is 6.61 Å². The molecule has 28 heavy (non-hydrogen) atoms. The molecule has 1 fully saturated rings. The molecule has 1 amide bonds. The summed E-state index contributed by atoms with van der Waals surface area (Å²) in [5.41, 5.74) is 3.78. The van der Waals surface area contributed by atoms with E-state index in [1.807, 2.05) is 12.1 Å².